The Morgan fingerprint density at radius 1 is 0.222 bits per heavy atom. The third-order valence-electron chi connectivity index (χ3n) is 19.1. The maximum atomic E-state index is 14.1. The largest absolute Gasteiger partial charge is 0.494 e. The Balaban J connectivity index is 0.609. The molecule has 21 nitrogen and oxygen atoms in total. The van der Waals surface area contributed by atoms with Crippen LogP contribution in [0.4, 0.5) is 51.2 Å². The third-order valence-corrected chi connectivity index (χ3v) is 19.1. The summed E-state index contributed by atoms with van der Waals surface area (Å²) in [6.45, 7) is 3.69. The van der Waals surface area contributed by atoms with Crippen LogP contribution >= 0.6 is 0 Å². The van der Waals surface area contributed by atoms with Gasteiger partial charge in [0.25, 0.3) is 17.7 Å². The highest BCUT2D eigenvalue weighted by Gasteiger charge is 2.19. The number of rotatable bonds is 51. The van der Waals surface area contributed by atoms with E-state index in [1.165, 1.54) is 37.5 Å². The van der Waals surface area contributed by atoms with Crippen LogP contribution < -0.4 is 44.4 Å². The van der Waals surface area contributed by atoms with Crippen molar-refractivity contribution in [3.63, 3.8) is 0 Å². The van der Waals surface area contributed by atoms with Gasteiger partial charge in [-0.3, -0.25) is 14.4 Å². The molecule has 10 aromatic rings. The molecule has 0 aliphatic carbocycles. The zero-order chi connectivity index (χ0) is 81.4. The van der Waals surface area contributed by atoms with E-state index in [0.717, 1.165) is 169 Å². The van der Waals surface area contributed by atoms with E-state index in [-0.39, 0.29) is 16.7 Å². The number of nitrogens with zero attached hydrogens (tertiary/aromatic N) is 9. The van der Waals surface area contributed by atoms with Gasteiger partial charge in [0, 0.05) is 33.8 Å². The van der Waals surface area contributed by atoms with Crippen LogP contribution in [0.2, 0.25) is 0 Å². The molecule has 0 radical (unpaired) electrons. The Morgan fingerprint density at radius 2 is 0.376 bits per heavy atom. The van der Waals surface area contributed by atoms with Gasteiger partial charge in [0.05, 0.1) is 109 Å². The molecule has 0 saturated carbocycles. The second kappa shape index (κ2) is 50.0. The molecule has 0 saturated heterocycles. The number of hydrogen-bond donors (Lipinski definition) is 3. The molecule has 3 amide bonds. The number of unbranched alkanes of at least 4 members (excludes halogenated alkanes) is 21. The van der Waals surface area contributed by atoms with E-state index in [0.29, 0.717) is 108 Å². The van der Waals surface area contributed by atoms with E-state index in [1.54, 1.807) is 109 Å². The lowest BCUT2D eigenvalue weighted by molar-refractivity contribution is 0.102. The number of nitrogens with one attached hydrogen (secondary N) is 3. The summed E-state index contributed by atoms with van der Waals surface area (Å²) >= 11 is 0. The van der Waals surface area contributed by atoms with E-state index in [2.05, 4.69) is 64.8 Å². The van der Waals surface area contributed by atoms with E-state index in [9.17, 15) is 14.4 Å². The lowest BCUT2D eigenvalue weighted by Crippen LogP contribution is -2.19. The van der Waals surface area contributed by atoms with Crippen LogP contribution in [0.3, 0.4) is 0 Å². The van der Waals surface area contributed by atoms with Crippen molar-refractivity contribution in [3.8, 4) is 52.7 Å². The number of amides is 3. The summed E-state index contributed by atoms with van der Waals surface area (Å²) in [6.07, 6.45) is 26.1. The lowest BCUT2D eigenvalue weighted by Gasteiger charge is -2.13. The van der Waals surface area contributed by atoms with Gasteiger partial charge in [-0.2, -0.15) is 46.5 Å². The van der Waals surface area contributed by atoms with Gasteiger partial charge in [0.1, 0.15) is 34.5 Å². The Labute approximate surface area is 686 Å². The quantitative estimate of drug-likeness (QED) is 0.0237. The minimum absolute atomic E-state index is 0.115. The van der Waals surface area contributed by atoms with Crippen molar-refractivity contribution in [1.29, 1.82) is 15.8 Å². The van der Waals surface area contributed by atoms with E-state index in [4.69, 9.17) is 44.2 Å². The molecule has 0 heterocycles. The first-order valence-corrected chi connectivity index (χ1v) is 40.8. The summed E-state index contributed by atoms with van der Waals surface area (Å²) in [4.78, 5) is 42.3. The molecule has 0 fully saturated rings. The maximum Gasteiger partial charge on any atom is 0.255 e. The molecule has 0 bridgehead atoms. The molecular weight excluding hydrogens is 1470 g/mol. The van der Waals surface area contributed by atoms with Crippen LogP contribution in [0.25, 0.3) is 0 Å². The van der Waals surface area contributed by atoms with E-state index in [1.807, 2.05) is 109 Å². The zero-order valence-electron chi connectivity index (χ0n) is 66.4. The predicted molar refractivity (Wildman–Crippen MR) is 459 cm³/mol. The highest BCUT2D eigenvalue weighted by molar-refractivity contribution is 6.13. The van der Waals surface area contributed by atoms with Gasteiger partial charge in [-0.1, -0.05) is 116 Å². The van der Waals surface area contributed by atoms with Gasteiger partial charge in [0.15, 0.2) is 0 Å². The molecule has 0 aromatic heterocycles. The first kappa shape index (κ1) is 86.1. The number of ether oxygens (including phenoxy) is 6. The smallest absolute Gasteiger partial charge is 0.255 e. The number of anilines is 3. The summed E-state index contributed by atoms with van der Waals surface area (Å²) in [5, 5.41) is 61.3. The van der Waals surface area contributed by atoms with E-state index < -0.39 is 17.7 Å². The average Bonchev–Trinajstić information content (AvgIpc) is 0.811. The van der Waals surface area contributed by atoms with Crippen LogP contribution in [0.1, 0.15) is 202 Å². The molecule has 0 spiro atoms. The van der Waals surface area contributed by atoms with Crippen molar-refractivity contribution >= 4 is 68.9 Å². The van der Waals surface area contributed by atoms with Gasteiger partial charge in [-0.25, -0.2) is 0 Å². The first-order chi connectivity index (χ1) is 57.6. The van der Waals surface area contributed by atoms with Crippen molar-refractivity contribution in [2.75, 3.05) is 55.6 Å². The van der Waals surface area contributed by atoms with Crippen LogP contribution in [0.5, 0.6) is 34.5 Å². The summed E-state index contributed by atoms with van der Waals surface area (Å²) in [5.74, 6) is 2.94. The lowest BCUT2D eigenvalue weighted by atomic mass is 10.0. The number of hydrogen-bond acceptors (Lipinski definition) is 18. The monoisotopic (exact) mass is 1570 g/mol. The van der Waals surface area contributed by atoms with Crippen LogP contribution in [-0.4, -0.2) is 57.4 Å². The van der Waals surface area contributed by atoms with Gasteiger partial charge in [-0.05, 0) is 275 Å². The number of carbonyl (C=O) groups is 3. The molecule has 600 valence electrons. The molecule has 0 aliphatic heterocycles. The van der Waals surface area contributed by atoms with Crippen molar-refractivity contribution in [2.24, 2.45) is 30.7 Å². The normalized spacial score (nSPS) is 11.1. The molecule has 0 aliphatic rings. The van der Waals surface area contributed by atoms with Gasteiger partial charge >= 0.3 is 0 Å². The zero-order valence-corrected chi connectivity index (χ0v) is 66.4. The van der Waals surface area contributed by atoms with Crippen molar-refractivity contribution < 1.29 is 42.8 Å². The van der Waals surface area contributed by atoms with E-state index >= 15 is 0 Å². The molecule has 10 rings (SSSR count). The van der Waals surface area contributed by atoms with Crippen LogP contribution in [0.15, 0.2) is 267 Å². The number of azo groups is 3. The molecular formula is C96H102N12O9. The number of carbonyl (C=O) groups excluding carboxylic acids is 3. The van der Waals surface area contributed by atoms with Crippen LogP contribution in [-0.2, 0) is 0 Å². The SMILES string of the molecule is N#Cc1ccc(N=Nc2ccc(OCCCCCCCCCCOc3ccc(NC(=O)c4cc(C(=O)Nc5ccc(OCCCCCCCCCCOc6ccc(N=Nc7ccc(C#N)cc7)cc6)cc5)cc(C(=O)Nc5ccc(OCCCCCCCCCCOc6ccc(N=Nc7ccc(C#N)cc7)cc6)cc5)c4)cc3)cc2)cc1. The minimum Gasteiger partial charge on any atom is -0.494 e. The summed E-state index contributed by atoms with van der Waals surface area (Å²) in [6, 6.07) is 75.7. The van der Waals surface area contributed by atoms with Gasteiger partial charge in [-0.15, -0.1) is 0 Å². The second-order valence-corrected chi connectivity index (χ2v) is 28.4. The molecule has 117 heavy (non-hydrogen) atoms. The van der Waals surface area contributed by atoms with Crippen LogP contribution in [0, 0.1) is 34.0 Å². The summed E-state index contributed by atoms with van der Waals surface area (Å²) < 4.78 is 36.1. The first-order valence-electron chi connectivity index (χ1n) is 40.8. The fourth-order valence-electron chi connectivity index (χ4n) is 12.5. The Morgan fingerprint density at radius 3 is 0.547 bits per heavy atom. The van der Waals surface area contributed by atoms with Gasteiger partial charge in [0.2, 0.25) is 0 Å². The van der Waals surface area contributed by atoms with Crippen molar-refractivity contribution in [2.45, 2.75) is 154 Å². The molecule has 3 N–H and O–H groups in total. The highest BCUT2D eigenvalue weighted by atomic mass is 16.5. The molecule has 0 unspecified atom stereocenters. The number of benzene rings is 10. The highest BCUT2D eigenvalue weighted by Crippen LogP contribution is 2.29. The maximum absolute atomic E-state index is 14.1. The fraction of sp³-hybridized carbons (Fsp3) is 0.312. The van der Waals surface area contributed by atoms with Crippen molar-refractivity contribution in [1.82, 2.24) is 0 Å². The minimum atomic E-state index is -0.505. The standard InChI is InChI=1S/C96H102N12O9/c97-70-73-25-31-82(32-26-73)103-106-85-43-55-91(56-44-85)115-64-22-16-10-4-1-7-13-19-61-112-88-49-37-79(38-50-88)100-94(109)76-67-77(95(110)101-80-39-51-89(52-40-80)113-62-20-14-8-2-5-11-17-23-65-116-92-57-45-86(46-58-92)107-104-83-33-27-74(71-98)28-34-83)69-78(68-76)96(111)102-81-41-53-90(54-42-81)114-63-21-15-9-3-6-12-18-24-66-117-93-59-47-87(48-60-93)108-105-84-35-29-75(72-99)30-36-84/h25-60,67-69H,1-24,61-66H2,(H,100,109)(H,101,110)(H,102,111). The fourth-order valence-corrected chi connectivity index (χ4v) is 12.5. The Bertz CT molecular complexity index is 4370. The van der Waals surface area contributed by atoms with Gasteiger partial charge < -0.3 is 44.4 Å². The van der Waals surface area contributed by atoms with Crippen molar-refractivity contribution in [3.05, 3.63) is 270 Å². The second-order valence-electron chi connectivity index (χ2n) is 28.4. The Hall–Kier alpha value is -13.3. The topological polar surface area (TPSA) is 288 Å². The number of nitriles is 3. The molecule has 0 atom stereocenters. The summed E-state index contributed by atoms with van der Waals surface area (Å²) in [5.41, 5.74) is 7.86. The molecule has 21 heteroatoms. The molecule has 10 aromatic carbocycles. The third kappa shape index (κ3) is 32.6. The predicted octanol–water partition coefficient (Wildman–Crippen LogP) is 26.0. The average molecular weight is 1570 g/mol. The Kier molecular flexibility index (Phi) is 36.8. The summed E-state index contributed by atoms with van der Waals surface area (Å²) in [7, 11) is 0.